The summed E-state index contributed by atoms with van der Waals surface area (Å²) in [6, 6.07) is 11.3. The van der Waals surface area contributed by atoms with Crippen LogP contribution in [0, 0.1) is 11.8 Å². The monoisotopic (exact) mass is 384 g/mol. The van der Waals surface area contributed by atoms with Gasteiger partial charge in [-0.15, -0.1) is 0 Å². The molecule has 2 aromatic rings. The van der Waals surface area contributed by atoms with E-state index >= 15 is 0 Å². The first-order valence-electron chi connectivity index (χ1n) is 9.58. The smallest absolute Gasteiger partial charge is 0.231 e. The zero-order valence-electron chi connectivity index (χ0n) is 15.2. The summed E-state index contributed by atoms with van der Waals surface area (Å²) in [4.78, 5) is 0. The molecule has 0 aromatic heterocycles. The van der Waals surface area contributed by atoms with E-state index in [0.717, 1.165) is 41.6 Å². The summed E-state index contributed by atoms with van der Waals surface area (Å²) < 4.78 is 39.9. The van der Waals surface area contributed by atoms with Gasteiger partial charge in [0.05, 0.1) is 6.61 Å². The molecule has 3 heterocycles. The van der Waals surface area contributed by atoms with Crippen molar-refractivity contribution in [1.82, 2.24) is 0 Å². The minimum atomic E-state index is -0.268. The highest BCUT2D eigenvalue weighted by Gasteiger charge is 2.48. The average molecular weight is 384 g/mol. The normalized spacial score (nSPS) is 29.0. The lowest BCUT2D eigenvalue weighted by molar-refractivity contribution is -0.0637. The molecule has 2 fully saturated rings. The maximum Gasteiger partial charge on any atom is 0.231 e. The van der Waals surface area contributed by atoms with E-state index in [1.807, 2.05) is 36.4 Å². The highest BCUT2D eigenvalue weighted by atomic mass is 16.7. The number of ether oxygens (including phenoxy) is 7. The summed E-state index contributed by atoms with van der Waals surface area (Å²) in [6.45, 7) is 1.15. The zero-order valence-corrected chi connectivity index (χ0v) is 15.2. The predicted molar refractivity (Wildman–Crippen MR) is 96.1 cm³/mol. The fourth-order valence-corrected chi connectivity index (χ4v) is 4.44. The second kappa shape index (κ2) is 6.38. The molecular formula is C21H20O7. The first kappa shape index (κ1) is 16.2. The van der Waals surface area contributed by atoms with E-state index in [1.165, 1.54) is 0 Å². The Morgan fingerprint density at radius 3 is 2.04 bits per heavy atom. The highest BCUT2D eigenvalue weighted by molar-refractivity contribution is 5.47. The van der Waals surface area contributed by atoms with Crippen LogP contribution in [0.1, 0.15) is 12.8 Å². The third-order valence-electron chi connectivity index (χ3n) is 5.84. The Balaban J connectivity index is 1.13. The summed E-state index contributed by atoms with van der Waals surface area (Å²) in [5.41, 5.74) is 0. The average Bonchev–Trinajstić information content (AvgIpc) is 3.47. The Hall–Kier alpha value is -2.80. The van der Waals surface area contributed by atoms with Crippen LogP contribution >= 0.6 is 0 Å². The fraction of sp³-hybridized carbons (Fsp3) is 0.429. The fourth-order valence-electron chi connectivity index (χ4n) is 4.44. The molecule has 6 rings (SSSR count). The molecule has 3 aliphatic heterocycles. The summed E-state index contributed by atoms with van der Waals surface area (Å²) in [7, 11) is 0. The summed E-state index contributed by atoms with van der Waals surface area (Å²) in [5.74, 6) is 5.11. The molecule has 1 aliphatic carbocycles. The van der Waals surface area contributed by atoms with Gasteiger partial charge in [0.25, 0.3) is 0 Å². The summed E-state index contributed by atoms with van der Waals surface area (Å²) in [6.07, 6.45) is 1.83. The molecule has 28 heavy (non-hydrogen) atoms. The van der Waals surface area contributed by atoms with Crippen molar-refractivity contribution in [2.45, 2.75) is 25.2 Å². The van der Waals surface area contributed by atoms with Crippen molar-refractivity contribution < 1.29 is 33.2 Å². The van der Waals surface area contributed by atoms with Gasteiger partial charge < -0.3 is 33.2 Å². The molecule has 0 radical (unpaired) electrons. The van der Waals surface area contributed by atoms with Crippen molar-refractivity contribution in [3.05, 3.63) is 36.4 Å². The molecule has 4 aliphatic rings. The van der Waals surface area contributed by atoms with E-state index in [-0.39, 0.29) is 26.0 Å². The summed E-state index contributed by atoms with van der Waals surface area (Å²) in [5, 5.41) is 0. The first-order chi connectivity index (χ1) is 13.8. The van der Waals surface area contributed by atoms with Gasteiger partial charge in [-0.2, -0.15) is 0 Å². The molecule has 1 saturated heterocycles. The quantitative estimate of drug-likeness (QED) is 0.801. The second-order valence-corrected chi connectivity index (χ2v) is 7.41. The van der Waals surface area contributed by atoms with Gasteiger partial charge in [0, 0.05) is 24.0 Å². The van der Waals surface area contributed by atoms with Gasteiger partial charge in [-0.3, -0.25) is 0 Å². The molecule has 0 unspecified atom stereocenters. The Morgan fingerprint density at radius 2 is 1.32 bits per heavy atom. The number of fused-ring (bicyclic) bond motifs is 3. The van der Waals surface area contributed by atoms with Gasteiger partial charge in [-0.25, -0.2) is 0 Å². The van der Waals surface area contributed by atoms with Crippen LogP contribution in [-0.4, -0.2) is 32.6 Å². The van der Waals surface area contributed by atoms with Gasteiger partial charge >= 0.3 is 0 Å². The lowest BCUT2D eigenvalue weighted by Crippen LogP contribution is -2.27. The number of benzene rings is 2. The van der Waals surface area contributed by atoms with Crippen LogP contribution in [0.4, 0.5) is 0 Å². The molecule has 2 aromatic carbocycles. The lowest BCUT2D eigenvalue weighted by Gasteiger charge is -2.20. The van der Waals surface area contributed by atoms with E-state index < -0.39 is 0 Å². The van der Waals surface area contributed by atoms with Crippen molar-refractivity contribution in [1.29, 1.82) is 0 Å². The maximum atomic E-state index is 6.27. The van der Waals surface area contributed by atoms with E-state index in [4.69, 9.17) is 33.2 Å². The molecule has 7 nitrogen and oxygen atoms in total. The molecule has 0 spiro atoms. The molecule has 146 valence electrons. The zero-order chi connectivity index (χ0) is 18.5. The standard InChI is InChI=1S/C21H20O7/c1-4-17-19(25-10-23-17)7-12(1)27-16-6-3-14-15(16)9-22-21(14)28-13-2-5-18-20(8-13)26-11-24-18/h1-2,4-5,7-8,14-16,21H,3,6,9-11H2/t14-,15-,16-,21+/m0/s1. The Bertz CT molecular complexity index is 825. The molecule has 0 N–H and O–H groups in total. The van der Waals surface area contributed by atoms with Crippen LogP contribution in [0.2, 0.25) is 0 Å². The van der Waals surface area contributed by atoms with Crippen molar-refractivity contribution in [3.8, 4) is 34.5 Å². The highest BCUT2D eigenvalue weighted by Crippen LogP contribution is 2.45. The minimum Gasteiger partial charge on any atom is -0.490 e. The SMILES string of the molecule is c1cc2c(cc1O[C@H]1OC[C@H]3[C@@H]1CC[C@@H]3Oc1ccc3c(c1)OCO3)OCO2. The van der Waals surface area contributed by atoms with Gasteiger partial charge in [-0.1, -0.05) is 0 Å². The predicted octanol–water partition coefficient (Wildman–Crippen LogP) is 3.35. The molecule has 0 amide bonds. The number of rotatable bonds is 4. The first-order valence-corrected chi connectivity index (χ1v) is 9.58. The van der Waals surface area contributed by atoms with Crippen molar-refractivity contribution in [2.75, 3.05) is 20.2 Å². The molecule has 7 heteroatoms. The van der Waals surface area contributed by atoms with Crippen LogP contribution in [0.15, 0.2) is 36.4 Å². The number of hydrogen-bond acceptors (Lipinski definition) is 7. The van der Waals surface area contributed by atoms with Crippen LogP contribution in [-0.2, 0) is 4.74 Å². The second-order valence-electron chi connectivity index (χ2n) is 7.41. The third-order valence-corrected chi connectivity index (χ3v) is 5.84. The Morgan fingerprint density at radius 1 is 0.679 bits per heavy atom. The Kier molecular flexibility index (Phi) is 3.68. The van der Waals surface area contributed by atoms with Gasteiger partial charge in [0.15, 0.2) is 23.0 Å². The molecule has 4 atom stereocenters. The van der Waals surface area contributed by atoms with Crippen LogP contribution in [0.5, 0.6) is 34.5 Å². The van der Waals surface area contributed by atoms with E-state index in [9.17, 15) is 0 Å². The van der Waals surface area contributed by atoms with E-state index in [2.05, 4.69) is 0 Å². The van der Waals surface area contributed by atoms with Crippen molar-refractivity contribution in [3.63, 3.8) is 0 Å². The molecule has 0 bridgehead atoms. The van der Waals surface area contributed by atoms with Crippen LogP contribution < -0.4 is 28.4 Å². The van der Waals surface area contributed by atoms with Crippen molar-refractivity contribution in [2.24, 2.45) is 11.8 Å². The third kappa shape index (κ3) is 2.69. The van der Waals surface area contributed by atoms with Gasteiger partial charge in [0.1, 0.15) is 17.6 Å². The van der Waals surface area contributed by atoms with E-state index in [0.29, 0.717) is 24.2 Å². The van der Waals surface area contributed by atoms with Crippen LogP contribution in [0.25, 0.3) is 0 Å². The molecular weight excluding hydrogens is 364 g/mol. The summed E-state index contributed by atoms with van der Waals surface area (Å²) >= 11 is 0. The maximum absolute atomic E-state index is 6.27. The van der Waals surface area contributed by atoms with E-state index in [1.54, 1.807) is 0 Å². The lowest BCUT2D eigenvalue weighted by atomic mass is 9.98. The van der Waals surface area contributed by atoms with Crippen LogP contribution in [0.3, 0.4) is 0 Å². The van der Waals surface area contributed by atoms with Gasteiger partial charge in [0.2, 0.25) is 19.9 Å². The molecule has 1 saturated carbocycles. The largest absolute Gasteiger partial charge is 0.490 e. The minimum absolute atomic E-state index is 0.107. The number of hydrogen-bond donors (Lipinski definition) is 0. The topological polar surface area (TPSA) is 64.6 Å². The van der Waals surface area contributed by atoms with Crippen molar-refractivity contribution >= 4 is 0 Å². The Labute approximate surface area is 162 Å². The van der Waals surface area contributed by atoms with Gasteiger partial charge in [-0.05, 0) is 37.1 Å².